The van der Waals surface area contributed by atoms with Crippen molar-refractivity contribution >= 4 is 5.91 Å². The molecule has 0 aromatic heterocycles. The van der Waals surface area contributed by atoms with Crippen molar-refractivity contribution in [2.45, 2.75) is 38.3 Å². The third-order valence-corrected chi connectivity index (χ3v) is 4.31. The maximum Gasteiger partial charge on any atom is 0.224 e. The summed E-state index contributed by atoms with van der Waals surface area (Å²) in [5.41, 5.74) is 0. The molecule has 1 aromatic carbocycles. The number of rotatable bonds is 5. The van der Waals surface area contributed by atoms with E-state index < -0.39 is 0 Å². The molecule has 1 aromatic rings. The van der Waals surface area contributed by atoms with Crippen LogP contribution in [0.15, 0.2) is 24.3 Å². The number of para-hydroxylation sites is 2. The number of hydrogen-bond donors (Lipinski definition) is 1. The molecule has 2 atom stereocenters. The smallest absolute Gasteiger partial charge is 0.224 e. The number of carbonyl (C=O) groups is 1. The van der Waals surface area contributed by atoms with Gasteiger partial charge in [-0.3, -0.25) is 4.79 Å². The molecule has 1 fully saturated rings. The lowest BCUT2D eigenvalue weighted by atomic mass is 10.1. The number of hydrogen-bond acceptors (Lipinski definition) is 4. The number of carbonyl (C=O) groups excluding carboxylic acids is 1. The summed E-state index contributed by atoms with van der Waals surface area (Å²) in [5, 5.41) is 3.38. The first-order valence-electron chi connectivity index (χ1n) is 8.16. The summed E-state index contributed by atoms with van der Waals surface area (Å²) in [6, 6.07) is 8.01. The van der Waals surface area contributed by atoms with Crippen LogP contribution in [-0.2, 0) is 4.79 Å². The van der Waals surface area contributed by atoms with Gasteiger partial charge in [-0.25, -0.2) is 0 Å². The molecule has 3 rings (SSSR count). The fraction of sp³-hybridized carbons (Fsp3) is 0.588. The summed E-state index contributed by atoms with van der Waals surface area (Å²) in [4.78, 5) is 14.3. The number of ether oxygens (including phenoxy) is 2. The molecule has 0 spiro atoms. The zero-order chi connectivity index (χ0) is 15.4. The van der Waals surface area contributed by atoms with E-state index in [0.29, 0.717) is 32.2 Å². The van der Waals surface area contributed by atoms with Crippen molar-refractivity contribution < 1.29 is 14.3 Å². The molecule has 2 aliphatic rings. The number of likely N-dealkylation sites (N-methyl/N-ethyl adjacent to an activating group) is 1. The molecular weight excluding hydrogens is 280 g/mol. The van der Waals surface area contributed by atoms with Crippen LogP contribution in [0, 0.1) is 0 Å². The predicted octanol–water partition coefficient (Wildman–Crippen LogP) is 1.82. The van der Waals surface area contributed by atoms with Crippen LogP contribution in [0.25, 0.3) is 0 Å². The van der Waals surface area contributed by atoms with Gasteiger partial charge in [0.2, 0.25) is 5.91 Å². The number of nitrogens with zero attached hydrogens (tertiary/aromatic N) is 1. The summed E-state index contributed by atoms with van der Waals surface area (Å²) < 4.78 is 11.7. The van der Waals surface area contributed by atoms with Gasteiger partial charge in [0.1, 0.15) is 6.61 Å². The van der Waals surface area contributed by atoms with Gasteiger partial charge in [0.05, 0.1) is 6.54 Å². The minimum atomic E-state index is -0.102. The van der Waals surface area contributed by atoms with Crippen molar-refractivity contribution in [2.75, 3.05) is 26.2 Å². The van der Waals surface area contributed by atoms with E-state index in [1.54, 1.807) is 0 Å². The number of benzene rings is 1. The van der Waals surface area contributed by atoms with Gasteiger partial charge in [-0.1, -0.05) is 12.1 Å². The quantitative estimate of drug-likeness (QED) is 0.901. The molecule has 2 aliphatic heterocycles. The highest BCUT2D eigenvalue weighted by molar-refractivity contribution is 5.76. The molecule has 2 unspecified atom stereocenters. The SMILES string of the molecule is CCN(CC1COc2ccccc2O1)C(=O)CC1CCCN1. The van der Waals surface area contributed by atoms with Crippen molar-refractivity contribution in [3.8, 4) is 11.5 Å². The van der Waals surface area contributed by atoms with Crippen LogP contribution in [0.5, 0.6) is 11.5 Å². The molecule has 22 heavy (non-hydrogen) atoms. The van der Waals surface area contributed by atoms with Crippen LogP contribution in [0.1, 0.15) is 26.2 Å². The monoisotopic (exact) mass is 304 g/mol. The predicted molar refractivity (Wildman–Crippen MR) is 84.2 cm³/mol. The number of nitrogens with one attached hydrogen (secondary N) is 1. The molecule has 2 heterocycles. The Morgan fingerprint density at radius 3 is 2.91 bits per heavy atom. The van der Waals surface area contributed by atoms with E-state index >= 15 is 0 Å². The van der Waals surface area contributed by atoms with Gasteiger partial charge < -0.3 is 19.7 Å². The molecule has 5 heteroatoms. The highest BCUT2D eigenvalue weighted by atomic mass is 16.6. The Balaban J connectivity index is 1.55. The lowest BCUT2D eigenvalue weighted by molar-refractivity contribution is -0.133. The van der Waals surface area contributed by atoms with E-state index in [0.717, 1.165) is 24.5 Å². The maximum atomic E-state index is 12.4. The van der Waals surface area contributed by atoms with E-state index in [-0.39, 0.29) is 12.0 Å². The van der Waals surface area contributed by atoms with E-state index in [1.165, 1.54) is 6.42 Å². The molecule has 1 N–H and O–H groups in total. The van der Waals surface area contributed by atoms with E-state index in [9.17, 15) is 4.79 Å². The average Bonchev–Trinajstić information content (AvgIpc) is 3.05. The highest BCUT2D eigenvalue weighted by Gasteiger charge is 2.26. The topological polar surface area (TPSA) is 50.8 Å². The fourth-order valence-corrected chi connectivity index (χ4v) is 3.08. The Bertz CT molecular complexity index is 514. The van der Waals surface area contributed by atoms with Crippen molar-refractivity contribution in [2.24, 2.45) is 0 Å². The van der Waals surface area contributed by atoms with Gasteiger partial charge in [0.25, 0.3) is 0 Å². The Labute approximate surface area is 131 Å². The Hall–Kier alpha value is -1.75. The number of fused-ring (bicyclic) bond motifs is 1. The zero-order valence-corrected chi connectivity index (χ0v) is 13.1. The minimum Gasteiger partial charge on any atom is -0.486 e. The maximum absolute atomic E-state index is 12.4. The second-order valence-electron chi connectivity index (χ2n) is 5.93. The molecular formula is C17H24N2O3. The van der Waals surface area contributed by atoms with Gasteiger partial charge in [-0.15, -0.1) is 0 Å². The average molecular weight is 304 g/mol. The molecule has 1 saturated heterocycles. The lowest BCUT2D eigenvalue weighted by Gasteiger charge is -2.31. The third kappa shape index (κ3) is 3.53. The first-order chi connectivity index (χ1) is 10.8. The molecule has 120 valence electrons. The zero-order valence-electron chi connectivity index (χ0n) is 13.1. The second-order valence-corrected chi connectivity index (χ2v) is 5.93. The Morgan fingerprint density at radius 1 is 1.36 bits per heavy atom. The van der Waals surface area contributed by atoms with Gasteiger partial charge >= 0.3 is 0 Å². The lowest BCUT2D eigenvalue weighted by Crippen LogP contribution is -2.44. The van der Waals surface area contributed by atoms with Gasteiger partial charge in [0.15, 0.2) is 17.6 Å². The van der Waals surface area contributed by atoms with Crippen LogP contribution >= 0.6 is 0 Å². The van der Waals surface area contributed by atoms with Crippen LogP contribution in [-0.4, -0.2) is 49.2 Å². The molecule has 0 saturated carbocycles. The first-order valence-corrected chi connectivity index (χ1v) is 8.16. The van der Waals surface area contributed by atoms with Crippen molar-refractivity contribution in [1.29, 1.82) is 0 Å². The van der Waals surface area contributed by atoms with E-state index in [2.05, 4.69) is 5.32 Å². The summed E-state index contributed by atoms with van der Waals surface area (Å²) in [7, 11) is 0. The van der Waals surface area contributed by atoms with Gasteiger partial charge in [-0.05, 0) is 38.4 Å². The summed E-state index contributed by atoms with van der Waals surface area (Å²) in [5.74, 6) is 1.74. The fourth-order valence-electron chi connectivity index (χ4n) is 3.08. The van der Waals surface area contributed by atoms with E-state index in [1.807, 2.05) is 36.1 Å². The number of amides is 1. The van der Waals surface area contributed by atoms with Crippen molar-refractivity contribution in [3.05, 3.63) is 24.3 Å². The Morgan fingerprint density at radius 2 is 2.18 bits per heavy atom. The first kappa shape index (κ1) is 15.2. The molecule has 1 amide bonds. The molecule has 0 bridgehead atoms. The van der Waals surface area contributed by atoms with Gasteiger partial charge in [0, 0.05) is 19.0 Å². The normalized spacial score (nSPS) is 23.3. The van der Waals surface area contributed by atoms with Crippen molar-refractivity contribution in [3.63, 3.8) is 0 Å². The third-order valence-electron chi connectivity index (χ3n) is 4.31. The van der Waals surface area contributed by atoms with Crippen LogP contribution in [0.3, 0.4) is 0 Å². The Kier molecular flexibility index (Phi) is 4.83. The summed E-state index contributed by atoms with van der Waals surface area (Å²) >= 11 is 0. The minimum absolute atomic E-state index is 0.102. The summed E-state index contributed by atoms with van der Waals surface area (Å²) in [6.45, 7) is 4.81. The van der Waals surface area contributed by atoms with Gasteiger partial charge in [-0.2, -0.15) is 0 Å². The molecule has 0 aliphatic carbocycles. The second kappa shape index (κ2) is 7.01. The summed E-state index contributed by atoms with van der Waals surface area (Å²) in [6.07, 6.45) is 2.74. The standard InChI is InChI=1S/C17H24N2O3/c1-2-19(17(20)10-13-6-5-9-18-13)11-14-12-21-15-7-3-4-8-16(15)22-14/h3-4,7-8,13-14,18H,2,5-6,9-12H2,1H3. The highest BCUT2D eigenvalue weighted by Crippen LogP contribution is 2.31. The van der Waals surface area contributed by atoms with Crippen LogP contribution in [0.2, 0.25) is 0 Å². The largest absolute Gasteiger partial charge is 0.486 e. The molecule has 0 radical (unpaired) electrons. The van der Waals surface area contributed by atoms with E-state index in [4.69, 9.17) is 9.47 Å². The van der Waals surface area contributed by atoms with Crippen molar-refractivity contribution in [1.82, 2.24) is 10.2 Å². The van der Waals surface area contributed by atoms with Crippen LogP contribution in [0.4, 0.5) is 0 Å². The van der Waals surface area contributed by atoms with Crippen LogP contribution < -0.4 is 14.8 Å². The molecule has 5 nitrogen and oxygen atoms in total.